The molecule has 0 saturated heterocycles. The van der Waals surface area contributed by atoms with Gasteiger partial charge in [-0.05, 0) is 56.2 Å². The first-order valence-corrected chi connectivity index (χ1v) is 7.34. The molecule has 1 aromatic carbocycles. The molecule has 0 unspecified atom stereocenters. The molecule has 1 aromatic rings. The minimum absolute atomic E-state index is 0.200. The molecule has 3 rings (SSSR count). The SMILES string of the molecule is O=C(NCc1ccc(OC2CCCC2)cc1)C1CC1. The highest BCUT2D eigenvalue weighted by molar-refractivity contribution is 5.80. The Morgan fingerprint density at radius 2 is 1.79 bits per heavy atom. The third-order valence-corrected chi connectivity index (χ3v) is 3.94. The number of benzene rings is 1. The number of amides is 1. The van der Waals surface area contributed by atoms with Crippen molar-refractivity contribution in [3.8, 4) is 5.75 Å². The lowest BCUT2D eigenvalue weighted by Crippen LogP contribution is -2.24. The number of nitrogens with one attached hydrogen (secondary N) is 1. The molecule has 0 spiro atoms. The first-order chi connectivity index (χ1) is 9.31. The lowest BCUT2D eigenvalue weighted by Gasteiger charge is -2.13. The van der Waals surface area contributed by atoms with E-state index < -0.39 is 0 Å². The molecule has 0 aromatic heterocycles. The Hall–Kier alpha value is -1.51. The second kappa shape index (κ2) is 5.64. The van der Waals surface area contributed by atoms with E-state index in [2.05, 4.69) is 5.32 Å². The fraction of sp³-hybridized carbons (Fsp3) is 0.562. The van der Waals surface area contributed by atoms with Crippen molar-refractivity contribution in [1.29, 1.82) is 0 Å². The van der Waals surface area contributed by atoms with Crippen LogP contribution >= 0.6 is 0 Å². The summed E-state index contributed by atoms with van der Waals surface area (Å²) in [6.45, 7) is 0.624. The van der Waals surface area contributed by atoms with Crippen LogP contribution in [0.5, 0.6) is 5.75 Å². The van der Waals surface area contributed by atoms with E-state index >= 15 is 0 Å². The van der Waals surface area contributed by atoms with Crippen LogP contribution in [0.25, 0.3) is 0 Å². The maximum Gasteiger partial charge on any atom is 0.223 e. The van der Waals surface area contributed by atoms with Crippen molar-refractivity contribution < 1.29 is 9.53 Å². The Morgan fingerprint density at radius 1 is 1.11 bits per heavy atom. The highest BCUT2D eigenvalue weighted by atomic mass is 16.5. The van der Waals surface area contributed by atoms with Gasteiger partial charge >= 0.3 is 0 Å². The zero-order valence-electron chi connectivity index (χ0n) is 11.2. The molecule has 19 heavy (non-hydrogen) atoms. The summed E-state index contributed by atoms with van der Waals surface area (Å²) in [5.74, 6) is 1.43. The maximum absolute atomic E-state index is 11.5. The fourth-order valence-corrected chi connectivity index (χ4v) is 2.56. The summed E-state index contributed by atoms with van der Waals surface area (Å²) < 4.78 is 5.92. The molecule has 2 saturated carbocycles. The zero-order valence-corrected chi connectivity index (χ0v) is 11.2. The molecule has 0 bridgehead atoms. The molecule has 0 aliphatic heterocycles. The first-order valence-electron chi connectivity index (χ1n) is 7.34. The minimum atomic E-state index is 0.200. The van der Waals surface area contributed by atoms with Crippen LogP contribution in [0, 0.1) is 5.92 Å². The van der Waals surface area contributed by atoms with Crippen molar-refractivity contribution in [1.82, 2.24) is 5.32 Å². The topological polar surface area (TPSA) is 38.3 Å². The molecule has 2 aliphatic rings. The molecule has 1 N–H and O–H groups in total. The van der Waals surface area contributed by atoms with Gasteiger partial charge in [0.25, 0.3) is 0 Å². The molecular formula is C16H21NO2. The highest BCUT2D eigenvalue weighted by Crippen LogP contribution is 2.29. The van der Waals surface area contributed by atoms with Gasteiger partial charge in [-0.3, -0.25) is 4.79 Å². The van der Waals surface area contributed by atoms with E-state index in [1.165, 1.54) is 25.7 Å². The van der Waals surface area contributed by atoms with E-state index in [-0.39, 0.29) is 11.8 Å². The molecule has 3 nitrogen and oxygen atoms in total. The van der Waals surface area contributed by atoms with Crippen molar-refractivity contribution in [2.24, 2.45) is 5.92 Å². The van der Waals surface area contributed by atoms with Gasteiger partial charge in [0.2, 0.25) is 5.91 Å². The third-order valence-electron chi connectivity index (χ3n) is 3.94. The van der Waals surface area contributed by atoms with Crippen LogP contribution in [0.2, 0.25) is 0 Å². The predicted molar refractivity (Wildman–Crippen MR) is 73.9 cm³/mol. The summed E-state index contributed by atoms with van der Waals surface area (Å²) in [7, 11) is 0. The lowest BCUT2D eigenvalue weighted by molar-refractivity contribution is -0.122. The van der Waals surface area contributed by atoms with Crippen LogP contribution in [0.4, 0.5) is 0 Å². The Morgan fingerprint density at radius 3 is 2.42 bits per heavy atom. The van der Waals surface area contributed by atoms with Gasteiger partial charge in [0.15, 0.2) is 0 Å². The molecule has 102 valence electrons. The first kappa shape index (κ1) is 12.5. The number of ether oxygens (including phenoxy) is 1. The average Bonchev–Trinajstić information content (AvgIpc) is 3.17. The van der Waals surface area contributed by atoms with E-state index in [9.17, 15) is 4.79 Å². The second-order valence-corrected chi connectivity index (χ2v) is 5.66. The Bertz CT molecular complexity index is 431. The summed E-state index contributed by atoms with van der Waals surface area (Å²) in [6, 6.07) is 8.10. The maximum atomic E-state index is 11.5. The monoisotopic (exact) mass is 259 g/mol. The number of carbonyl (C=O) groups is 1. The smallest absolute Gasteiger partial charge is 0.223 e. The molecular weight excluding hydrogens is 238 g/mol. The van der Waals surface area contributed by atoms with Crippen LogP contribution in [0.1, 0.15) is 44.1 Å². The van der Waals surface area contributed by atoms with E-state index in [4.69, 9.17) is 4.74 Å². The van der Waals surface area contributed by atoms with Crippen LogP contribution in [-0.4, -0.2) is 12.0 Å². The van der Waals surface area contributed by atoms with Gasteiger partial charge in [-0.2, -0.15) is 0 Å². The van der Waals surface area contributed by atoms with Crippen LogP contribution in [0.15, 0.2) is 24.3 Å². The Balaban J connectivity index is 1.48. The summed E-state index contributed by atoms with van der Waals surface area (Å²) >= 11 is 0. The summed E-state index contributed by atoms with van der Waals surface area (Å²) in [5, 5.41) is 2.97. The van der Waals surface area contributed by atoms with Crippen molar-refractivity contribution in [2.75, 3.05) is 0 Å². The van der Waals surface area contributed by atoms with Crippen LogP contribution in [-0.2, 0) is 11.3 Å². The molecule has 0 radical (unpaired) electrons. The van der Waals surface area contributed by atoms with Gasteiger partial charge in [-0.1, -0.05) is 12.1 Å². The van der Waals surface area contributed by atoms with Crippen LogP contribution < -0.4 is 10.1 Å². The van der Waals surface area contributed by atoms with Gasteiger partial charge < -0.3 is 10.1 Å². The van der Waals surface area contributed by atoms with Crippen molar-refractivity contribution >= 4 is 5.91 Å². The molecule has 0 heterocycles. The molecule has 0 atom stereocenters. The molecule has 1 amide bonds. The van der Waals surface area contributed by atoms with E-state index in [0.717, 1.165) is 24.2 Å². The predicted octanol–water partition coefficient (Wildman–Crippen LogP) is 3.03. The van der Waals surface area contributed by atoms with E-state index in [1.807, 2.05) is 24.3 Å². The average molecular weight is 259 g/mol. The van der Waals surface area contributed by atoms with Gasteiger partial charge in [-0.15, -0.1) is 0 Å². The largest absolute Gasteiger partial charge is 0.490 e. The number of hydrogen-bond donors (Lipinski definition) is 1. The van der Waals surface area contributed by atoms with Crippen LogP contribution in [0.3, 0.4) is 0 Å². The second-order valence-electron chi connectivity index (χ2n) is 5.66. The highest BCUT2D eigenvalue weighted by Gasteiger charge is 2.29. The van der Waals surface area contributed by atoms with Gasteiger partial charge in [0, 0.05) is 12.5 Å². The number of hydrogen-bond acceptors (Lipinski definition) is 2. The molecule has 3 heteroatoms. The minimum Gasteiger partial charge on any atom is -0.490 e. The normalized spacial score (nSPS) is 19.4. The van der Waals surface area contributed by atoms with Gasteiger partial charge in [-0.25, -0.2) is 0 Å². The Kier molecular flexibility index (Phi) is 3.72. The standard InChI is InChI=1S/C16H21NO2/c18-16(13-7-8-13)17-11-12-5-9-15(10-6-12)19-14-3-1-2-4-14/h5-6,9-10,13-14H,1-4,7-8,11H2,(H,17,18). The van der Waals surface area contributed by atoms with Crippen molar-refractivity contribution in [2.45, 2.75) is 51.2 Å². The fourth-order valence-electron chi connectivity index (χ4n) is 2.56. The van der Waals surface area contributed by atoms with E-state index in [1.54, 1.807) is 0 Å². The third kappa shape index (κ3) is 3.49. The van der Waals surface area contributed by atoms with Gasteiger partial charge in [0.05, 0.1) is 6.10 Å². The van der Waals surface area contributed by atoms with E-state index in [0.29, 0.717) is 12.6 Å². The molecule has 2 aliphatic carbocycles. The Labute approximate surface area is 114 Å². The zero-order chi connectivity index (χ0) is 13.1. The van der Waals surface area contributed by atoms with Gasteiger partial charge in [0.1, 0.15) is 5.75 Å². The molecule has 2 fully saturated rings. The summed E-state index contributed by atoms with van der Waals surface area (Å²) in [4.78, 5) is 11.5. The van der Waals surface area contributed by atoms with Crippen molar-refractivity contribution in [3.05, 3.63) is 29.8 Å². The number of carbonyl (C=O) groups excluding carboxylic acids is 1. The quantitative estimate of drug-likeness (QED) is 0.882. The number of rotatable bonds is 5. The lowest BCUT2D eigenvalue weighted by atomic mass is 10.2. The summed E-state index contributed by atoms with van der Waals surface area (Å²) in [6.07, 6.45) is 7.45. The summed E-state index contributed by atoms with van der Waals surface area (Å²) in [5.41, 5.74) is 1.13. The van der Waals surface area contributed by atoms with Crippen molar-refractivity contribution in [3.63, 3.8) is 0 Å².